The minimum atomic E-state index is -0.305. The molecule has 4 nitrogen and oxygen atoms in total. The predicted molar refractivity (Wildman–Crippen MR) is 107 cm³/mol. The van der Waals surface area contributed by atoms with Gasteiger partial charge in [-0.05, 0) is 60.2 Å². The Bertz CT molecular complexity index is 1090. The van der Waals surface area contributed by atoms with Gasteiger partial charge in [-0.15, -0.1) is 0 Å². The summed E-state index contributed by atoms with van der Waals surface area (Å²) in [6, 6.07) is 17.2. The fourth-order valence-electron chi connectivity index (χ4n) is 2.52. The molecule has 0 aliphatic heterocycles. The highest BCUT2D eigenvalue weighted by molar-refractivity contribution is 7.21. The van der Waals surface area contributed by atoms with Crippen molar-refractivity contribution in [2.24, 2.45) is 0 Å². The normalized spacial score (nSPS) is 11.1. The quantitative estimate of drug-likeness (QED) is 0.502. The van der Waals surface area contributed by atoms with E-state index in [2.05, 4.69) is 15.3 Å². The molecule has 0 radical (unpaired) electrons. The Hall–Kier alpha value is -3.38. The number of carbonyl (C=O) groups is 1. The second-order valence-corrected chi connectivity index (χ2v) is 6.78. The first-order valence-electron chi connectivity index (χ1n) is 8.24. The van der Waals surface area contributed by atoms with Crippen molar-refractivity contribution in [3.8, 4) is 10.6 Å². The number of pyridine rings is 1. The summed E-state index contributed by atoms with van der Waals surface area (Å²) in [7, 11) is 0. The molecule has 132 valence electrons. The summed E-state index contributed by atoms with van der Waals surface area (Å²) in [6.45, 7) is 0. The van der Waals surface area contributed by atoms with E-state index in [0.29, 0.717) is 5.69 Å². The van der Waals surface area contributed by atoms with E-state index in [9.17, 15) is 9.18 Å². The summed E-state index contributed by atoms with van der Waals surface area (Å²) in [5.74, 6) is -0.558. The molecular formula is C21H14FN3OS. The smallest absolute Gasteiger partial charge is 0.248 e. The van der Waals surface area contributed by atoms with Crippen LogP contribution in [-0.4, -0.2) is 15.9 Å². The average Bonchev–Trinajstić information content (AvgIpc) is 3.12. The number of rotatable bonds is 4. The molecule has 4 rings (SSSR count). The number of fused-ring (bicyclic) bond motifs is 1. The van der Waals surface area contributed by atoms with Gasteiger partial charge < -0.3 is 5.32 Å². The summed E-state index contributed by atoms with van der Waals surface area (Å²) >= 11 is 1.53. The number of nitrogens with zero attached hydrogens (tertiary/aromatic N) is 2. The average molecular weight is 375 g/mol. The van der Waals surface area contributed by atoms with Crippen LogP contribution in [0.15, 0.2) is 72.9 Å². The number of aromatic nitrogens is 2. The minimum absolute atomic E-state index is 0.253. The lowest BCUT2D eigenvalue weighted by molar-refractivity contribution is -0.111. The van der Waals surface area contributed by atoms with E-state index in [0.717, 1.165) is 26.5 Å². The third-order valence-corrected chi connectivity index (χ3v) is 4.89. The molecule has 2 heterocycles. The van der Waals surface area contributed by atoms with Gasteiger partial charge in [0.25, 0.3) is 0 Å². The summed E-state index contributed by atoms with van der Waals surface area (Å²) < 4.78 is 12.9. The van der Waals surface area contributed by atoms with Crippen LogP contribution in [0.25, 0.3) is 27.0 Å². The number of carbonyl (C=O) groups excluding carboxylic acids is 1. The minimum Gasteiger partial charge on any atom is -0.323 e. The Morgan fingerprint density at radius 1 is 1.04 bits per heavy atom. The van der Waals surface area contributed by atoms with Gasteiger partial charge in [-0.25, -0.2) is 14.4 Å². The molecule has 0 saturated heterocycles. The van der Waals surface area contributed by atoms with Crippen LogP contribution in [-0.2, 0) is 4.79 Å². The van der Waals surface area contributed by atoms with Crippen molar-refractivity contribution in [2.75, 3.05) is 5.32 Å². The summed E-state index contributed by atoms with van der Waals surface area (Å²) in [5.41, 5.74) is 3.29. The van der Waals surface area contributed by atoms with Crippen LogP contribution in [0.5, 0.6) is 0 Å². The Kier molecular flexibility index (Phi) is 4.72. The summed E-state index contributed by atoms with van der Waals surface area (Å²) in [4.78, 5) is 21.8. The fraction of sp³-hybridized carbons (Fsp3) is 0. The maximum absolute atomic E-state index is 12.9. The van der Waals surface area contributed by atoms with Crippen molar-refractivity contribution in [2.45, 2.75) is 0 Å². The van der Waals surface area contributed by atoms with Crippen molar-refractivity contribution < 1.29 is 9.18 Å². The van der Waals surface area contributed by atoms with Gasteiger partial charge in [-0.1, -0.05) is 23.5 Å². The summed E-state index contributed by atoms with van der Waals surface area (Å²) in [5, 5.41) is 3.69. The molecule has 6 heteroatoms. The monoisotopic (exact) mass is 375 g/mol. The first-order chi connectivity index (χ1) is 13.2. The Balaban J connectivity index is 1.44. The zero-order chi connectivity index (χ0) is 18.6. The Labute approximate surface area is 159 Å². The van der Waals surface area contributed by atoms with Crippen molar-refractivity contribution in [3.63, 3.8) is 0 Å². The molecule has 1 N–H and O–H groups in total. The van der Waals surface area contributed by atoms with E-state index in [1.807, 2.05) is 36.4 Å². The third-order valence-electron chi connectivity index (χ3n) is 3.86. The van der Waals surface area contributed by atoms with Gasteiger partial charge in [0, 0.05) is 23.5 Å². The highest BCUT2D eigenvalue weighted by Crippen LogP contribution is 2.29. The molecule has 0 aliphatic rings. The number of hydrogen-bond donors (Lipinski definition) is 1. The van der Waals surface area contributed by atoms with Crippen LogP contribution in [0.2, 0.25) is 0 Å². The molecule has 2 aromatic carbocycles. The first kappa shape index (κ1) is 17.1. The molecule has 2 aromatic heterocycles. The Morgan fingerprint density at radius 3 is 2.56 bits per heavy atom. The zero-order valence-corrected chi connectivity index (χ0v) is 14.9. The molecule has 1 amide bonds. The predicted octanol–water partition coefficient (Wildman–Crippen LogP) is 5.15. The van der Waals surface area contributed by atoms with Gasteiger partial charge >= 0.3 is 0 Å². The first-order valence-corrected chi connectivity index (χ1v) is 9.06. The number of benzene rings is 2. The van der Waals surface area contributed by atoms with Gasteiger partial charge in [0.15, 0.2) is 0 Å². The maximum atomic E-state index is 12.9. The van der Waals surface area contributed by atoms with Crippen molar-refractivity contribution in [1.82, 2.24) is 9.97 Å². The SMILES string of the molecule is O=C(/C=C/c1ccc(F)cc1)Nc1ccc(-c2nc3cccnc3s2)cc1. The molecular weight excluding hydrogens is 361 g/mol. The van der Waals surface area contributed by atoms with Gasteiger partial charge in [0.2, 0.25) is 5.91 Å². The summed E-state index contributed by atoms with van der Waals surface area (Å²) in [6.07, 6.45) is 4.81. The van der Waals surface area contributed by atoms with Crippen LogP contribution in [0.1, 0.15) is 5.56 Å². The van der Waals surface area contributed by atoms with Crippen LogP contribution in [0.4, 0.5) is 10.1 Å². The van der Waals surface area contributed by atoms with E-state index in [4.69, 9.17) is 0 Å². The van der Waals surface area contributed by atoms with E-state index < -0.39 is 0 Å². The number of halogens is 1. The molecule has 0 bridgehead atoms. The molecule has 0 atom stereocenters. The van der Waals surface area contributed by atoms with Crippen LogP contribution < -0.4 is 5.32 Å². The van der Waals surface area contributed by atoms with E-state index in [-0.39, 0.29) is 11.7 Å². The van der Waals surface area contributed by atoms with E-state index >= 15 is 0 Å². The van der Waals surface area contributed by atoms with Gasteiger partial charge in [-0.2, -0.15) is 0 Å². The molecule has 0 aliphatic carbocycles. The molecule has 0 fully saturated rings. The van der Waals surface area contributed by atoms with Gasteiger partial charge in [-0.3, -0.25) is 4.79 Å². The maximum Gasteiger partial charge on any atom is 0.248 e. The standard InChI is InChI=1S/C21H14FN3OS/c22-16-8-3-14(4-9-16)5-12-19(26)24-17-10-6-15(7-11-17)20-25-18-2-1-13-23-21(18)27-20/h1-13H,(H,24,26)/b12-5+. The number of anilines is 1. The highest BCUT2D eigenvalue weighted by atomic mass is 32.1. The van der Waals surface area contributed by atoms with Crippen LogP contribution in [0, 0.1) is 5.82 Å². The van der Waals surface area contributed by atoms with E-state index in [1.54, 1.807) is 24.4 Å². The van der Waals surface area contributed by atoms with Crippen molar-refractivity contribution in [3.05, 3.63) is 84.3 Å². The molecule has 4 aromatic rings. The second kappa shape index (κ2) is 7.47. The number of thiazole rings is 1. The van der Waals surface area contributed by atoms with Crippen LogP contribution >= 0.6 is 11.3 Å². The largest absolute Gasteiger partial charge is 0.323 e. The number of hydrogen-bond acceptors (Lipinski definition) is 4. The topological polar surface area (TPSA) is 54.9 Å². The molecule has 0 saturated carbocycles. The lowest BCUT2D eigenvalue weighted by Gasteiger charge is -2.03. The van der Waals surface area contributed by atoms with Crippen LogP contribution in [0.3, 0.4) is 0 Å². The van der Waals surface area contributed by atoms with Crippen molar-refractivity contribution in [1.29, 1.82) is 0 Å². The Morgan fingerprint density at radius 2 is 1.81 bits per heavy atom. The van der Waals surface area contributed by atoms with E-state index in [1.165, 1.54) is 29.5 Å². The molecule has 0 spiro atoms. The molecule has 0 unspecified atom stereocenters. The number of nitrogens with one attached hydrogen (secondary N) is 1. The lowest BCUT2D eigenvalue weighted by Crippen LogP contribution is -2.07. The third kappa shape index (κ3) is 4.07. The van der Waals surface area contributed by atoms with Crippen molar-refractivity contribution >= 4 is 39.4 Å². The van der Waals surface area contributed by atoms with Gasteiger partial charge in [0.05, 0.1) is 0 Å². The lowest BCUT2D eigenvalue weighted by atomic mass is 10.2. The highest BCUT2D eigenvalue weighted by Gasteiger charge is 2.07. The zero-order valence-electron chi connectivity index (χ0n) is 14.1. The number of amides is 1. The van der Waals surface area contributed by atoms with Gasteiger partial charge in [0.1, 0.15) is 21.2 Å². The molecule has 27 heavy (non-hydrogen) atoms. The second-order valence-electron chi connectivity index (χ2n) is 5.80. The fourth-order valence-corrected chi connectivity index (χ4v) is 3.43.